The van der Waals surface area contributed by atoms with E-state index < -0.39 is 0 Å². The lowest BCUT2D eigenvalue weighted by Crippen LogP contribution is -2.31. The number of nitrogens with one attached hydrogen (secondary N) is 1. The lowest BCUT2D eigenvalue weighted by molar-refractivity contribution is 0.375. The van der Waals surface area contributed by atoms with E-state index in [1.807, 2.05) is 0 Å². The fourth-order valence-electron chi connectivity index (χ4n) is 2.14. The molecule has 1 fully saturated rings. The molecule has 13 heavy (non-hydrogen) atoms. The van der Waals surface area contributed by atoms with E-state index in [4.69, 9.17) is 0 Å². The van der Waals surface area contributed by atoms with Gasteiger partial charge in [-0.25, -0.2) is 0 Å². The molecule has 0 amide bonds. The molecule has 2 aliphatic heterocycles. The van der Waals surface area contributed by atoms with Crippen molar-refractivity contribution in [2.45, 2.75) is 19.3 Å². The maximum absolute atomic E-state index is 4.53. The highest BCUT2D eigenvalue weighted by Gasteiger charge is 2.19. The van der Waals surface area contributed by atoms with Gasteiger partial charge in [-0.15, -0.1) is 0 Å². The van der Waals surface area contributed by atoms with Crippen LogP contribution in [0.2, 0.25) is 0 Å². The summed E-state index contributed by atoms with van der Waals surface area (Å²) in [7, 11) is 2.16. The SMILES string of the molecule is CN1CCN=C1CC1CCNCC1. The number of hydrogen-bond acceptors (Lipinski definition) is 3. The van der Waals surface area contributed by atoms with Crippen molar-refractivity contribution in [2.24, 2.45) is 10.9 Å². The largest absolute Gasteiger partial charge is 0.362 e. The highest BCUT2D eigenvalue weighted by atomic mass is 15.2. The van der Waals surface area contributed by atoms with Crippen LogP contribution in [-0.2, 0) is 0 Å². The lowest BCUT2D eigenvalue weighted by Gasteiger charge is -2.24. The maximum atomic E-state index is 4.53. The molecule has 0 aromatic heterocycles. The minimum absolute atomic E-state index is 0.876. The topological polar surface area (TPSA) is 27.6 Å². The van der Waals surface area contributed by atoms with E-state index >= 15 is 0 Å². The van der Waals surface area contributed by atoms with Crippen LogP contribution in [0.5, 0.6) is 0 Å². The Morgan fingerprint density at radius 2 is 2.23 bits per heavy atom. The van der Waals surface area contributed by atoms with Crippen molar-refractivity contribution in [3.8, 4) is 0 Å². The zero-order valence-electron chi connectivity index (χ0n) is 8.42. The Labute approximate surface area is 80.2 Å². The summed E-state index contributed by atoms with van der Waals surface area (Å²) in [4.78, 5) is 6.84. The van der Waals surface area contributed by atoms with Gasteiger partial charge in [-0.1, -0.05) is 0 Å². The molecule has 0 unspecified atom stereocenters. The summed E-state index contributed by atoms with van der Waals surface area (Å²) in [6.45, 7) is 4.53. The molecule has 0 atom stereocenters. The second-order valence-electron chi connectivity index (χ2n) is 4.12. The standard InChI is InChI=1S/C10H19N3/c1-13-7-6-12-10(13)8-9-2-4-11-5-3-9/h9,11H,2-8H2,1H3. The van der Waals surface area contributed by atoms with Gasteiger partial charge in [-0.05, 0) is 31.8 Å². The average Bonchev–Trinajstić information content (AvgIpc) is 2.54. The van der Waals surface area contributed by atoms with Gasteiger partial charge < -0.3 is 10.2 Å². The molecule has 3 nitrogen and oxygen atoms in total. The molecule has 1 saturated heterocycles. The fraction of sp³-hybridized carbons (Fsp3) is 0.900. The summed E-state index contributed by atoms with van der Waals surface area (Å²) in [6, 6.07) is 0. The molecule has 0 aliphatic carbocycles. The first-order valence-electron chi connectivity index (χ1n) is 5.31. The highest BCUT2D eigenvalue weighted by molar-refractivity contribution is 5.83. The van der Waals surface area contributed by atoms with Crippen LogP contribution in [0.1, 0.15) is 19.3 Å². The molecule has 3 heteroatoms. The number of aliphatic imine (C=N–C) groups is 1. The number of amidine groups is 1. The van der Waals surface area contributed by atoms with Crippen molar-refractivity contribution in [1.29, 1.82) is 0 Å². The molecule has 2 rings (SSSR count). The first-order chi connectivity index (χ1) is 6.36. The predicted molar refractivity (Wildman–Crippen MR) is 55.1 cm³/mol. The van der Waals surface area contributed by atoms with Gasteiger partial charge in [0.25, 0.3) is 0 Å². The Balaban J connectivity index is 1.82. The third kappa shape index (κ3) is 2.21. The second kappa shape index (κ2) is 4.09. The molecule has 0 aromatic carbocycles. The molecular weight excluding hydrogens is 162 g/mol. The quantitative estimate of drug-likeness (QED) is 0.680. The van der Waals surface area contributed by atoms with Crippen LogP contribution in [0.3, 0.4) is 0 Å². The van der Waals surface area contributed by atoms with E-state index in [-0.39, 0.29) is 0 Å². The van der Waals surface area contributed by atoms with Crippen LogP contribution >= 0.6 is 0 Å². The third-order valence-electron chi connectivity index (χ3n) is 3.10. The predicted octanol–water partition coefficient (Wildman–Crippen LogP) is 0.720. The zero-order chi connectivity index (χ0) is 9.10. The monoisotopic (exact) mass is 181 g/mol. The Morgan fingerprint density at radius 3 is 2.85 bits per heavy atom. The summed E-state index contributed by atoms with van der Waals surface area (Å²) in [5.41, 5.74) is 0. The van der Waals surface area contributed by atoms with E-state index in [2.05, 4.69) is 22.3 Å². The molecule has 74 valence electrons. The van der Waals surface area contributed by atoms with Gasteiger partial charge >= 0.3 is 0 Å². The van der Waals surface area contributed by atoms with Crippen LogP contribution in [-0.4, -0.2) is 44.0 Å². The maximum Gasteiger partial charge on any atom is 0.0990 e. The van der Waals surface area contributed by atoms with Crippen molar-refractivity contribution in [3.05, 3.63) is 0 Å². The van der Waals surface area contributed by atoms with Gasteiger partial charge in [0.2, 0.25) is 0 Å². The summed E-state index contributed by atoms with van der Waals surface area (Å²) >= 11 is 0. The lowest BCUT2D eigenvalue weighted by atomic mass is 9.94. The average molecular weight is 181 g/mol. The van der Waals surface area contributed by atoms with Crippen LogP contribution in [0.25, 0.3) is 0 Å². The summed E-state index contributed by atoms with van der Waals surface area (Å²) in [5.74, 6) is 2.22. The van der Waals surface area contributed by atoms with Gasteiger partial charge in [-0.3, -0.25) is 4.99 Å². The van der Waals surface area contributed by atoms with Crippen molar-refractivity contribution in [2.75, 3.05) is 33.2 Å². The van der Waals surface area contributed by atoms with E-state index in [0.29, 0.717) is 0 Å². The number of hydrogen-bond donors (Lipinski definition) is 1. The van der Waals surface area contributed by atoms with Gasteiger partial charge in [0.05, 0.1) is 12.4 Å². The smallest absolute Gasteiger partial charge is 0.0990 e. The Hall–Kier alpha value is -0.570. The number of nitrogens with zero attached hydrogens (tertiary/aromatic N) is 2. The Kier molecular flexibility index (Phi) is 2.83. The van der Waals surface area contributed by atoms with Crippen LogP contribution in [0, 0.1) is 5.92 Å². The summed E-state index contributed by atoms with van der Waals surface area (Å²) in [6.07, 6.45) is 3.86. The second-order valence-corrected chi connectivity index (χ2v) is 4.12. The molecule has 0 saturated carbocycles. The van der Waals surface area contributed by atoms with E-state index in [1.165, 1.54) is 38.2 Å². The van der Waals surface area contributed by atoms with Gasteiger partial charge in [0.1, 0.15) is 0 Å². The van der Waals surface area contributed by atoms with Crippen LogP contribution in [0.4, 0.5) is 0 Å². The first kappa shape index (κ1) is 9.00. The van der Waals surface area contributed by atoms with Gasteiger partial charge in [-0.2, -0.15) is 0 Å². The Bertz CT molecular complexity index is 194. The van der Waals surface area contributed by atoms with Crippen LogP contribution in [0.15, 0.2) is 4.99 Å². The van der Waals surface area contributed by atoms with Crippen molar-refractivity contribution >= 4 is 5.84 Å². The minimum Gasteiger partial charge on any atom is -0.362 e. The highest BCUT2D eigenvalue weighted by Crippen LogP contribution is 2.18. The fourth-order valence-corrected chi connectivity index (χ4v) is 2.14. The number of piperidine rings is 1. The summed E-state index contributed by atoms with van der Waals surface area (Å²) in [5, 5.41) is 3.40. The number of rotatable bonds is 2. The van der Waals surface area contributed by atoms with Gasteiger partial charge in [0.15, 0.2) is 0 Å². The van der Waals surface area contributed by atoms with Gasteiger partial charge in [0, 0.05) is 20.0 Å². The van der Waals surface area contributed by atoms with E-state index in [1.54, 1.807) is 0 Å². The third-order valence-corrected chi connectivity index (χ3v) is 3.10. The normalized spacial score (nSPS) is 25.0. The van der Waals surface area contributed by atoms with E-state index in [0.717, 1.165) is 19.0 Å². The number of likely N-dealkylation sites (N-methyl/N-ethyl adjacent to an activating group) is 1. The van der Waals surface area contributed by atoms with Crippen LogP contribution < -0.4 is 5.32 Å². The van der Waals surface area contributed by atoms with Crippen molar-refractivity contribution in [1.82, 2.24) is 10.2 Å². The van der Waals surface area contributed by atoms with Crippen molar-refractivity contribution < 1.29 is 0 Å². The molecule has 1 N–H and O–H groups in total. The minimum atomic E-state index is 0.876. The molecule has 0 bridgehead atoms. The van der Waals surface area contributed by atoms with Crippen molar-refractivity contribution in [3.63, 3.8) is 0 Å². The molecule has 2 heterocycles. The van der Waals surface area contributed by atoms with E-state index in [9.17, 15) is 0 Å². The summed E-state index contributed by atoms with van der Waals surface area (Å²) < 4.78 is 0. The zero-order valence-corrected chi connectivity index (χ0v) is 8.42. The molecular formula is C10H19N3. The molecule has 0 spiro atoms. The Morgan fingerprint density at radius 1 is 1.46 bits per heavy atom. The molecule has 0 radical (unpaired) electrons. The molecule has 2 aliphatic rings. The molecule has 0 aromatic rings. The first-order valence-corrected chi connectivity index (χ1v) is 5.31.